The number of nitrogens with zero attached hydrogens (tertiary/aromatic N) is 1. The fraction of sp³-hybridized carbons (Fsp3) is 0.0685. The molecule has 92 heavy (non-hydrogen) atoms. The Balaban J connectivity index is 0.946. The van der Waals surface area contributed by atoms with Crippen molar-refractivity contribution in [2.45, 2.75) is 31.1 Å². The highest BCUT2D eigenvalue weighted by Gasteiger charge is 2.40. The van der Waals surface area contributed by atoms with Gasteiger partial charge < -0.3 is 9.15 Å². The molecule has 0 radical (unpaired) electrons. The van der Waals surface area contributed by atoms with E-state index in [2.05, 4.69) is 0 Å². The van der Waals surface area contributed by atoms with Crippen molar-refractivity contribution >= 4 is 55.7 Å². The van der Waals surface area contributed by atoms with Crippen LogP contribution in [-0.4, -0.2) is 16.8 Å². The summed E-state index contributed by atoms with van der Waals surface area (Å²) >= 11 is 0. The lowest BCUT2D eigenvalue weighted by molar-refractivity contribution is -0.144. The zero-order chi connectivity index (χ0) is 64.8. The molecule has 0 saturated heterocycles. The number of aldehydes is 1. The molecule has 11 aromatic carbocycles. The van der Waals surface area contributed by atoms with E-state index >= 15 is 9.59 Å². The SMILES string of the molecule is O=Cc1c(-c2ccc(-c3ccccc3)cc2)cc(OC(=O)Cc2ccc(-n3c(=O)c4cc(-c5cc(C(F)(F)F)cc(C(F)(F)F)c5)c5oc6ccccc6c6c(-c7cc(C(F)(F)F)cc(C(F)(F)F)c7)cc(c3=O)c4c56)cc2)cc1-c1ccc(-c2ccccc2)cc1. The minimum absolute atomic E-state index is 0.0476. The van der Waals surface area contributed by atoms with Crippen molar-refractivity contribution in [3.8, 4) is 78.2 Å². The van der Waals surface area contributed by atoms with Gasteiger partial charge in [-0.15, -0.1) is 0 Å². The largest absolute Gasteiger partial charge is 0.455 e. The quantitative estimate of drug-likeness (QED) is 0.0320. The maximum absolute atomic E-state index is 15.2. The topological polar surface area (TPSA) is 95.6 Å². The van der Waals surface area contributed by atoms with E-state index < -0.39 is 114 Å². The number of para-hydroxylation sites is 1. The molecule has 0 N–H and O–H groups in total. The third-order valence-electron chi connectivity index (χ3n) is 16.0. The van der Waals surface area contributed by atoms with Gasteiger partial charge >= 0.3 is 30.7 Å². The standard InChI is InChI=1S/C73H39F12NO6/c74-70(75,76)48-28-46(29-49(32-48)71(77,78)79)57-36-59-65-60(37-58(67-66(65)64(57)54-13-7-8-14-62(54)92-67)47-30-50(72(80,81)82)33-51(31-47)73(83,84)85)69(90)86(68(59)89)52-25-15-39(16-26-52)27-63(88)91-53-34-55(44-21-17-42(18-22-44)40-9-3-1-4-10-40)61(38-87)56(35-53)45-23-19-43(20-24-45)41-11-5-2-6-12-41/h1-26,28-38H,27H2. The molecule has 19 heteroatoms. The second-order valence-electron chi connectivity index (χ2n) is 21.8. The van der Waals surface area contributed by atoms with Crippen LogP contribution in [0, 0.1) is 0 Å². The van der Waals surface area contributed by atoms with Crippen LogP contribution in [0.3, 0.4) is 0 Å². The van der Waals surface area contributed by atoms with Crippen molar-refractivity contribution in [1.29, 1.82) is 0 Å². The van der Waals surface area contributed by atoms with E-state index in [0.29, 0.717) is 56.6 Å². The third kappa shape index (κ3) is 11.1. The summed E-state index contributed by atoms with van der Waals surface area (Å²) in [6, 6.07) is 50.8. The van der Waals surface area contributed by atoms with E-state index in [1.165, 1.54) is 48.5 Å². The van der Waals surface area contributed by atoms with E-state index in [-0.39, 0.29) is 50.9 Å². The zero-order valence-electron chi connectivity index (χ0n) is 47.0. The molecular formula is C73H39F12NO6. The van der Waals surface area contributed by atoms with Crippen LogP contribution in [0.2, 0.25) is 0 Å². The molecule has 0 spiro atoms. The van der Waals surface area contributed by atoms with Crippen molar-refractivity contribution in [1.82, 2.24) is 4.57 Å². The van der Waals surface area contributed by atoms with Gasteiger partial charge in [0.2, 0.25) is 0 Å². The maximum atomic E-state index is 15.2. The molecule has 13 aromatic rings. The van der Waals surface area contributed by atoms with Crippen LogP contribution in [0.25, 0.3) is 116 Å². The van der Waals surface area contributed by atoms with Crippen LogP contribution in [0.15, 0.2) is 232 Å². The Morgan fingerprint density at radius 3 is 1.27 bits per heavy atom. The fourth-order valence-corrected chi connectivity index (χ4v) is 11.8. The van der Waals surface area contributed by atoms with Crippen molar-refractivity contribution < 1.29 is 71.4 Å². The summed E-state index contributed by atoms with van der Waals surface area (Å²) in [7, 11) is 0. The van der Waals surface area contributed by atoms with Gasteiger partial charge in [0.05, 0.1) is 34.4 Å². The van der Waals surface area contributed by atoms with E-state index in [1.54, 1.807) is 12.1 Å². The molecule has 7 nitrogen and oxygen atoms in total. The first-order chi connectivity index (χ1) is 43.8. The van der Waals surface area contributed by atoms with Gasteiger partial charge in [0, 0.05) is 43.4 Å². The minimum atomic E-state index is -5.40. The summed E-state index contributed by atoms with van der Waals surface area (Å²) in [4.78, 5) is 57.6. The average molecular weight is 1250 g/mol. The summed E-state index contributed by atoms with van der Waals surface area (Å²) in [6.07, 6.45) is -21.3. The molecule has 0 aliphatic heterocycles. The molecule has 0 bridgehead atoms. The number of carbonyl (C=O) groups is 2. The van der Waals surface area contributed by atoms with Gasteiger partial charge in [-0.1, -0.05) is 140 Å². The van der Waals surface area contributed by atoms with Crippen LogP contribution in [0.4, 0.5) is 52.7 Å². The molecule has 2 heterocycles. The smallest absolute Gasteiger partial charge is 0.416 e. The van der Waals surface area contributed by atoms with E-state index in [0.717, 1.165) is 40.7 Å². The van der Waals surface area contributed by atoms with Crippen LogP contribution in [0.5, 0.6) is 5.75 Å². The van der Waals surface area contributed by atoms with E-state index in [4.69, 9.17) is 9.15 Å². The van der Waals surface area contributed by atoms with Crippen LogP contribution in [-0.2, 0) is 35.9 Å². The molecule has 0 fully saturated rings. The van der Waals surface area contributed by atoms with Crippen LogP contribution in [0.1, 0.15) is 38.2 Å². The van der Waals surface area contributed by atoms with Gasteiger partial charge in [-0.2, -0.15) is 52.7 Å². The molecule has 456 valence electrons. The first kappa shape index (κ1) is 59.9. The van der Waals surface area contributed by atoms with Gasteiger partial charge in [0.15, 0.2) is 6.29 Å². The number of halogens is 12. The molecule has 0 saturated carbocycles. The first-order valence-corrected chi connectivity index (χ1v) is 28.0. The maximum Gasteiger partial charge on any atom is 0.416 e. The Hall–Kier alpha value is -11.1. The van der Waals surface area contributed by atoms with Crippen LogP contribution >= 0.6 is 0 Å². The molecule has 2 aromatic heterocycles. The van der Waals surface area contributed by atoms with Crippen molar-refractivity contribution in [2.75, 3.05) is 0 Å². The predicted octanol–water partition coefficient (Wildman–Crippen LogP) is 19.9. The fourth-order valence-electron chi connectivity index (χ4n) is 11.8. The number of hydrogen-bond donors (Lipinski definition) is 0. The van der Waals surface area contributed by atoms with Gasteiger partial charge in [-0.05, 0) is 146 Å². The normalized spacial score (nSPS) is 12.3. The van der Waals surface area contributed by atoms with Gasteiger partial charge in [-0.3, -0.25) is 19.2 Å². The minimum Gasteiger partial charge on any atom is -0.455 e. The Kier molecular flexibility index (Phi) is 14.6. The highest BCUT2D eigenvalue weighted by molar-refractivity contribution is 6.32. The Morgan fingerprint density at radius 2 is 0.815 bits per heavy atom. The summed E-state index contributed by atoms with van der Waals surface area (Å²) in [5.74, 6) is -0.765. The number of carbonyl (C=O) groups excluding carboxylic acids is 2. The lowest BCUT2D eigenvalue weighted by Gasteiger charge is -2.21. The molecule has 0 aliphatic carbocycles. The Morgan fingerprint density at radius 1 is 0.402 bits per heavy atom. The Labute approximate surface area is 511 Å². The Bertz CT molecular complexity index is 5010. The third-order valence-corrected chi connectivity index (χ3v) is 16.0. The number of benzene rings is 11. The van der Waals surface area contributed by atoms with Crippen molar-refractivity contribution in [3.63, 3.8) is 0 Å². The molecule has 0 unspecified atom stereocenters. The number of esters is 1. The molecule has 13 rings (SSSR count). The summed E-state index contributed by atoms with van der Waals surface area (Å²) in [5.41, 5.74) is -6.91. The number of hydrogen-bond acceptors (Lipinski definition) is 6. The number of pyridine rings is 1. The highest BCUT2D eigenvalue weighted by atomic mass is 19.4. The highest BCUT2D eigenvalue weighted by Crippen LogP contribution is 2.50. The first-order valence-electron chi connectivity index (χ1n) is 28.0. The molecule has 0 amide bonds. The number of alkyl halides is 12. The van der Waals surface area contributed by atoms with Gasteiger partial charge in [0.1, 0.15) is 16.9 Å². The summed E-state index contributed by atoms with van der Waals surface area (Å²) in [6.45, 7) is 0. The van der Waals surface area contributed by atoms with Crippen molar-refractivity contribution in [3.05, 3.63) is 272 Å². The van der Waals surface area contributed by atoms with Crippen molar-refractivity contribution in [2.24, 2.45) is 0 Å². The van der Waals surface area contributed by atoms with E-state index in [9.17, 15) is 62.3 Å². The number of aromatic nitrogens is 1. The summed E-state index contributed by atoms with van der Waals surface area (Å²) < 4.78 is 188. The van der Waals surface area contributed by atoms with Gasteiger partial charge in [-0.25, -0.2) is 4.57 Å². The molecular weight excluding hydrogens is 1210 g/mol. The summed E-state index contributed by atoms with van der Waals surface area (Å²) in [5, 5.41) is -2.14. The lowest BCUT2D eigenvalue weighted by atomic mass is 9.86. The zero-order valence-corrected chi connectivity index (χ0v) is 47.0. The van der Waals surface area contributed by atoms with Crippen LogP contribution < -0.4 is 15.9 Å². The number of ether oxygens (including phenoxy) is 1. The molecule has 0 atom stereocenters. The van der Waals surface area contributed by atoms with Gasteiger partial charge in [0.25, 0.3) is 11.1 Å². The number of rotatable bonds is 11. The number of fused-ring (bicyclic) bond motifs is 2. The monoisotopic (exact) mass is 1250 g/mol. The lowest BCUT2D eigenvalue weighted by Crippen LogP contribution is -2.32. The molecule has 0 aliphatic rings. The second kappa shape index (κ2) is 22.4. The predicted molar refractivity (Wildman–Crippen MR) is 326 cm³/mol. The average Bonchev–Trinajstić information content (AvgIpc) is 0.694. The second-order valence-corrected chi connectivity index (χ2v) is 21.8. The van der Waals surface area contributed by atoms with E-state index in [1.807, 2.05) is 109 Å².